The lowest BCUT2D eigenvalue weighted by molar-refractivity contribution is -0.177. The van der Waals surface area contributed by atoms with E-state index in [2.05, 4.69) is 39.2 Å². The lowest BCUT2D eigenvalue weighted by Crippen LogP contribution is -2.71. The van der Waals surface area contributed by atoms with Crippen LogP contribution in [0.2, 0.25) is 0 Å². The number of esters is 2. The van der Waals surface area contributed by atoms with Gasteiger partial charge in [0.25, 0.3) is 0 Å². The minimum Gasteiger partial charge on any atom is -0.504 e. The first-order valence-corrected chi connectivity index (χ1v) is 22.0. The molecular weight excluding hydrogens is 787 g/mol. The number of carbonyl (C=O) groups is 2. The molecule has 2 spiro atoms. The van der Waals surface area contributed by atoms with E-state index in [1.54, 1.807) is 18.9 Å². The van der Waals surface area contributed by atoms with Crippen molar-refractivity contribution in [3.8, 4) is 17.6 Å². The van der Waals surface area contributed by atoms with Crippen molar-refractivity contribution in [2.24, 2.45) is 11.3 Å². The number of rotatable bonds is 3. The number of fused-ring (bicyclic) bond motifs is 14. The van der Waals surface area contributed by atoms with E-state index in [0.29, 0.717) is 41.4 Å². The van der Waals surface area contributed by atoms with Crippen molar-refractivity contribution in [3.05, 3.63) is 80.9 Å². The highest BCUT2D eigenvalue weighted by atomic mass is 32.2. The number of methoxy groups -OCH3 is 1. The Morgan fingerprint density at radius 2 is 1.98 bits per heavy atom. The molecule has 2 aromatic carbocycles. The number of hydrogen-bond donors (Lipinski definition) is 4. The number of piperidine rings is 1. The molecule has 0 amide bonds. The van der Waals surface area contributed by atoms with Crippen LogP contribution in [0, 0.1) is 29.6 Å². The molecule has 3 aromatic rings. The maximum Gasteiger partial charge on any atom is 0.334 e. The Labute approximate surface area is 349 Å². The number of phenolic OH excluding ortho intramolecular Hbond substituents is 1. The number of piperazine rings is 1. The molecule has 3 saturated heterocycles. The van der Waals surface area contributed by atoms with E-state index >= 15 is 4.79 Å². The molecule has 4 unspecified atom stereocenters. The van der Waals surface area contributed by atoms with Crippen molar-refractivity contribution in [2.75, 3.05) is 26.3 Å². The highest BCUT2D eigenvalue weighted by Crippen LogP contribution is 2.84. The monoisotopic (exact) mass is 831 g/mol. The van der Waals surface area contributed by atoms with Crippen LogP contribution in [-0.4, -0.2) is 110 Å². The molecule has 13 rings (SSSR count). The predicted molar refractivity (Wildman–Crippen MR) is 214 cm³/mol. The highest BCUT2D eigenvalue weighted by Gasteiger charge is 2.95. The van der Waals surface area contributed by atoms with Crippen LogP contribution in [0.25, 0.3) is 10.9 Å². The molecule has 2 bridgehead atoms. The number of ether oxygens (including phenoxy) is 5. The smallest absolute Gasteiger partial charge is 0.334 e. The number of phenols is 1. The third-order valence-electron chi connectivity index (χ3n) is 16.4. The minimum absolute atomic E-state index is 0.0268. The van der Waals surface area contributed by atoms with Gasteiger partial charge in [0.15, 0.2) is 34.2 Å². The van der Waals surface area contributed by atoms with Gasteiger partial charge < -0.3 is 38.9 Å². The quantitative estimate of drug-likeness (QED) is 0.280. The van der Waals surface area contributed by atoms with E-state index in [4.69, 9.17) is 23.7 Å². The summed E-state index contributed by atoms with van der Waals surface area (Å²) in [5.74, 6) is 0.792. The lowest BCUT2D eigenvalue weighted by Gasteiger charge is -2.58. The second-order valence-corrected chi connectivity index (χ2v) is 20.4. The summed E-state index contributed by atoms with van der Waals surface area (Å²) in [4.78, 5) is 37.5. The van der Waals surface area contributed by atoms with Crippen LogP contribution in [0.4, 0.5) is 0 Å². The fourth-order valence-corrected chi connectivity index (χ4v) is 16.3. The molecule has 10 aliphatic rings. The number of aliphatic hydroxyl groups excluding tert-OH is 1. The van der Waals surface area contributed by atoms with Crippen LogP contribution in [0.15, 0.2) is 53.0 Å². The lowest BCUT2D eigenvalue weighted by atomic mass is 9.69. The molecule has 4 fully saturated rings. The summed E-state index contributed by atoms with van der Waals surface area (Å²) >= 11 is 1.62. The molecule has 14 nitrogen and oxygen atoms in total. The number of aryl methyl sites for hydroxylation is 1. The maximum absolute atomic E-state index is 15.8. The van der Waals surface area contributed by atoms with Gasteiger partial charge in [-0.25, -0.2) is 4.79 Å². The molecule has 4 N–H and O–H groups in total. The fourth-order valence-electron chi connectivity index (χ4n) is 14.5. The summed E-state index contributed by atoms with van der Waals surface area (Å²) in [6.45, 7) is 9.24. The van der Waals surface area contributed by atoms with Crippen LogP contribution in [0.1, 0.15) is 68.1 Å². The Hall–Kier alpha value is -4.72. The van der Waals surface area contributed by atoms with Gasteiger partial charge in [-0.05, 0) is 62.9 Å². The second kappa shape index (κ2) is 10.8. The molecule has 310 valence electrons. The van der Waals surface area contributed by atoms with Gasteiger partial charge in [0.05, 0.1) is 53.8 Å². The van der Waals surface area contributed by atoms with E-state index in [-0.39, 0.29) is 36.9 Å². The predicted octanol–water partition coefficient (Wildman–Crippen LogP) is 3.79. The number of nitriles is 1. The van der Waals surface area contributed by atoms with Crippen LogP contribution in [-0.2, 0) is 46.0 Å². The van der Waals surface area contributed by atoms with Gasteiger partial charge in [-0.1, -0.05) is 18.2 Å². The Bertz CT molecular complexity index is 2700. The number of aromatic nitrogens is 1. The molecule has 60 heavy (non-hydrogen) atoms. The standard InChI is InChI=1S/C45H45N5O9S/c1-18-11-23-26(31(53)32(18)55-6)29-30-39-45(59-40(54)43(16-60-39)35-22(12-20(14-51)48-43)21-9-7-8-10-24(21)47-35)13-25(49(30)44(15-46)34-36(44)50(29)42(23,34)5)27-28(45)37(58-19(2)52)41(3,4)38-33(27)56-17-57-38/h7-11,20,25,29-30,34,36-37,39,47-48,51,53H,12-14,16-17H2,1-6H3/t20-,25-,29+,30+,34?,36-,37?,39-,42?,43+,44+,45?/m0/s1. The number of aliphatic hydroxyl groups is 1. The normalized spacial score (nSPS) is 41.6. The van der Waals surface area contributed by atoms with Crippen LogP contribution < -0.4 is 10.1 Å². The number of benzene rings is 2. The third-order valence-corrected chi connectivity index (χ3v) is 18.1. The highest BCUT2D eigenvalue weighted by molar-refractivity contribution is 8.00. The summed E-state index contributed by atoms with van der Waals surface area (Å²) in [6, 6.07) is 11.0. The number of nitrogens with zero attached hydrogens (tertiary/aromatic N) is 3. The number of H-pyrrole nitrogens is 1. The van der Waals surface area contributed by atoms with Crippen molar-refractivity contribution in [3.63, 3.8) is 0 Å². The largest absolute Gasteiger partial charge is 0.504 e. The molecule has 8 heterocycles. The number of aromatic hydroxyl groups is 1. The zero-order valence-corrected chi connectivity index (χ0v) is 34.9. The summed E-state index contributed by atoms with van der Waals surface area (Å²) in [5, 5.41) is 38.8. The first-order valence-electron chi connectivity index (χ1n) is 20.9. The number of carbonyl (C=O) groups excluding carboxylic acids is 2. The van der Waals surface area contributed by atoms with Gasteiger partial charge in [0.1, 0.15) is 11.6 Å². The second-order valence-electron chi connectivity index (χ2n) is 19.3. The van der Waals surface area contributed by atoms with Crippen molar-refractivity contribution >= 4 is 34.6 Å². The maximum atomic E-state index is 15.8. The number of thioether (sulfide) groups is 1. The summed E-state index contributed by atoms with van der Waals surface area (Å²) in [7, 11) is 1.57. The van der Waals surface area contributed by atoms with E-state index in [1.807, 2.05) is 45.0 Å². The average Bonchev–Trinajstić information content (AvgIpc) is 3.55. The molecule has 3 aliphatic carbocycles. The molecular formula is C45H45N5O9S. The van der Waals surface area contributed by atoms with Crippen molar-refractivity contribution in [2.45, 2.75) is 111 Å². The van der Waals surface area contributed by atoms with Gasteiger partial charge in [0, 0.05) is 70.8 Å². The molecule has 1 saturated carbocycles. The first-order chi connectivity index (χ1) is 28.8. The SMILES string of the molecule is COc1c(C)cc2c(c1O)[C@@H]1[C@@H]3[C@@H]4SC[C@]5(N[C@H](CO)Cc6c5[nH]c5ccccc65)C(=O)OC45C[C@@H](C4=C5C(OC(C)=O)C(C)(C)C5=C4OCO5)N3[C@]3(C#N)C4[C@@H]3N1C24C. The number of aromatic amines is 1. The van der Waals surface area contributed by atoms with Crippen LogP contribution in [0.3, 0.4) is 0 Å². The Kier molecular flexibility index (Phi) is 6.49. The third kappa shape index (κ3) is 3.56. The number of nitrogens with one attached hydrogen (secondary N) is 2. The Balaban J connectivity index is 1.09. The molecule has 15 heteroatoms. The van der Waals surface area contributed by atoms with Crippen molar-refractivity contribution in [1.82, 2.24) is 20.1 Å². The van der Waals surface area contributed by atoms with Gasteiger partial charge >= 0.3 is 11.9 Å². The summed E-state index contributed by atoms with van der Waals surface area (Å²) in [5.41, 5.74) is 1.40. The topological polar surface area (TPSA) is 179 Å². The number of hydrogen-bond acceptors (Lipinski definition) is 14. The molecule has 1 aromatic heterocycles. The van der Waals surface area contributed by atoms with Crippen molar-refractivity contribution < 1.29 is 43.5 Å². The van der Waals surface area contributed by atoms with E-state index in [1.165, 1.54) is 6.92 Å². The van der Waals surface area contributed by atoms with Crippen LogP contribution in [0.5, 0.6) is 11.5 Å². The van der Waals surface area contributed by atoms with Gasteiger partial charge in [0.2, 0.25) is 6.79 Å². The number of para-hydroxylation sites is 1. The zero-order chi connectivity index (χ0) is 41.4. The van der Waals surface area contributed by atoms with E-state index in [0.717, 1.165) is 38.7 Å². The Morgan fingerprint density at radius 3 is 2.73 bits per heavy atom. The minimum atomic E-state index is -1.41. The van der Waals surface area contributed by atoms with Crippen molar-refractivity contribution in [1.29, 1.82) is 5.26 Å². The molecule has 12 atom stereocenters. The molecule has 7 aliphatic heterocycles. The zero-order valence-electron chi connectivity index (χ0n) is 34.0. The van der Waals surface area contributed by atoms with Gasteiger partial charge in [-0.3, -0.25) is 19.9 Å². The van der Waals surface area contributed by atoms with E-state index in [9.17, 15) is 20.3 Å². The summed E-state index contributed by atoms with van der Waals surface area (Å²) < 4.78 is 32.4. The van der Waals surface area contributed by atoms with Crippen LogP contribution >= 0.6 is 11.8 Å². The summed E-state index contributed by atoms with van der Waals surface area (Å²) in [6.07, 6.45) is -0.0996. The van der Waals surface area contributed by atoms with Gasteiger partial charge in [-0.2, -0.15) is 5.26 Å². The van der Waals surface area contributed by atoms with E-state index < -0.39 is 75.1 Å². The first kappa shape index (κ1) is 36.0. The Morgan fingerprint density at radius 1 is 1.18 bits per heavy atom. The van der Waals surface area contributed by atoms with Gasteiger partial charge in [-0.15, -0.1) is 11.8 Å². The average molecular weight is 832 g/mol. The fraction of sp³-hybridized carbons (Fsp3) is 0.533. The molecule has 0 radical (unpaired) electrons.